The number of nitrogens with zero attached hydrogens (tertiary/aromatic N) is 1. The van der Waals surface area contributed by atoms with Crippen LogP contribution in [0, 0.1) is 0 Å². The van der Waals surface area contributed by atoms with Gasteiger partial charge in [-0.2, -0.15) is 0 Å². The highest BCUT2D eigenvalue weighted by Crippen LogP contribution is 2.15. The third kappa shape index (κ3) is 7.28. The van der Waals surface area contributed by atoms with E-state index in [9.17, 15) is 4.79 Å². The molecule has 0 unspecified atom stereocenters. The van der Waals surface area contributed by atoms with Crippen LogP contribution in [-0.4, -0.2) is 37.4 Å². The Morgan fingerprint density at radius 3 is 2.24 bits per heavy atom. The largest absolute Gasteiger partial charge is 0.493 e. The lowest BCUT2D eigenvalue weighted by atomic mass is 10.2. The molecule has 3 nitrogen and oxygen atoms in total. The van der Waals surface area contributed by atoms with Gasteiger partial charge in [0.2, 0.25) is 0 Å². The Balaban J connectivity index is 2.30. The molecule has 0 spiro atoms. The highest BCUT2D eigenvalue weighted by Gasteiger charge is 2.05. The lowest BCUT2D eigenvalue weighted by molar-refractivity contribution is 0.111. The van der Waals surface area contributed by atoms with Gasteiger partial charge >= 0.3 is 0 Å². The number of benzene rings is 1. The summed E-state index contributed by atoms with van der Waals surface area (Å²) >= 11 is 0. The van der Waals surface area contributed by atoms with Gasteiger partial charge in [-0.15, -0.1) is 0 Å². The van der Waals surface area contributed by atoms with Crippen molar-refractivity contribution < 1.29 is 9.53 Å². The third-order valence-electron chi connectivity index (χ3n) is 3.58. The zero-order valence-electron chi connectivity index (χ0n) is 13.5. The molecule has 118 valence electrons. The Morgan fingerprint density at radius 1 is 1.00 bits per heavy atom. The summed E-state index contributed by atoms with van der Waals surface area (Å²) in [6, 6.07) is 7.40. The van der Waals surface area contributed by atoms with Crippen molar-refractivity contribution in [3.05, 3.63) is 29.8 Å². The normalized spacial score (nSPS) is 10.8. The summed E-state index contributed by atoms with van der Waals surface area (Å²) in [6.45, 7) is 8.57. The number of ether oxygens (including phenoxy) is 1. The molecule has 0 fully saturated rings. The van der Waals surface area contributed by atoms with E-state index in [1.54, 1.807) is 6.07 Å². The molecule has 1 aromatic carbocycles. The maximum atomic E-state index is 10.9. The molecule has 0 aromatic heterocycles. The van der Waals surface area contributed by atoms with Gasteiger partial charge in [0.1, 0.15) is 5.75 Å². The van der Waals surface area contributed by atoms with Gasteiger partial charge in [0.15, 0.2) is 6.29 Å². The summed E-state index contributed by atoms with van der Waals surface area (Å²) in [6.07, 6.45) is 6.86. The van der Waals surface area contributed by atoms with Crippen LogP contribution in [0.4, 0.5) is 0 Å². The first-order valence-electron chi connectivity index (χ1n) is 8.21. The minimum absolute atomic E-state index is 0.631. The molecular weight excluding hydrogens is 262 g/mol. The highest BCUT2D eigenvalue weighted by molar-refractivity contribution is 5.79. The fraction of sp³-hybridized carbons (Fsp3) is 0.611. The average molecular weight is 291 g/mol. The molecule has 0 aliphatic heterocycles. The second-order valence-corrected chi connectivity index (χ2v) is 5.41. The molecule has 0 atom stereocenters. The molecule has 0 aliphatic carbocycles. The first-order valence-corrected chi connectivity index (χ1v) is 8.21. The van der Waals surface area contributed by atoms with Crippen LogP contribution in [0.5, 0.6) is 5.75 Å². The number of hydrogen-bond donors (Lipinski definition) is 0. The quantitative estimate of drug-likeness (QED) is 0.427. The Morgan fingerprint density at radius 2 is 1.62 bits per heavy atom. The van der Waals surface area contributed by atoms with Gasteiger partial charge in [0.05, 0.1) is 12.2 Å². The van der Waals surface area contributed by atoms with Crippen LogP contribution in [-0.2, 0) is 0 Å². The molecule has 21 heavy (non-hydrogen) atoms. The topological polar surface area (TPSA) is 29.5 Å². The number of rotatable bonds is 12. The van der Waals surface area contributed by atoms with Crippen LogP contribution in [0.1, 0.15) is 56.3 Å². The fourth-order valence-corrected chi connectivity index (χ4v) is 2.28. The average Bonchev–Trinajstić information content (AvgIpc) is 2.53. The van der Waals surface area contributed by atoms with Crippen LogP contribution in [0.2, 0.25) is 0 Å². The van der Waals surface area contributed by atoms with Crippen molar-refractivity contribution in [2.75, 3.05) is 26.2 Å². The second kappa shape index (κ2) is 11.3. The number of aldehydes is 1. The first kappa shape index (κ1) is 17.7. The SMILES string of the molecule is CCCCN(CCCC)CCCOc1ccccc1C=O. The minimum atomic E-state index is 0.631. The van der Waals surface area contributed by atoms with E-state index in [1.807, 2.05) is 18.2 Å². The van der Waals surface area contributed by atoms with E-state index in [4.69, 9.17) is 4.74 Å². The van der Waals surface area contributed by atoms with Gasteiger partial charge in [-0.1, -0.05) is 38.8 Å². The first-order chi connectivity index (χ1) is 10.3. The molecule has 0 heterocycles. The molecular formula is C18H29NO2. The summed E-state index contributed by atoms with van der Waals surface area (Å²) in [5.74, 6) is 0.696. The van der Waals surface area contributed by atoms with Crippen LogP contribution < -0.4 is 4.74 Å². The van der Waals surface area contributed by atoms with E-state index in [0.717, 1.165) is 19.3 Å². The van der Waals surface area contributed by atoms with Gasteiger partial charge in [-0.3, -0.25) is 4.79 Å². The van der Waals surface area contributed by atoms with Crippen molar-refractivity contribution in [1.82, 2.24) is 4.90 Å². The lowest BCUT2D eigenvalue weighted by Gasteiger charge is -2.22. The fourth-order valence-electron chi connectivity index (χ4n) is 2.28. The van der Waals surface area contributed by atoms with Crippen LogP contribution in [0.3, 0.4) is 0 Å². The molecule has 1 aromatic rings. The van der Waals surface area contributed by atoms with Gasteiger partial charge in [-0.25, -0.2) is 0 Å². The molecule has 0 saturated heterocycles. The molecule has 0 amide bonds. The summed E-state index contributed by atoms with van der Waals surface area (Å²) in [7, 11) is 0. The number of hydrogen-bond acceptors (Lipinski definition) is 3. The summed E-state index contributed by atoms with van der Waals surface area (Å²) in [5.41, 5.74) is 0.631. The van der Waals surface area contributed by atoms with Crippen LogP contribution >= 0.6 is 0 Å². The molecule has 1 rings (SSSR count). The predicted octanol–water partition coefficient (Wildman–Crippen LogP) is 4.17. The van der Waals surface area contributed by atoms with E-state index in [-0.39, 0.29) is 0 Å². The summed E-state index contributed by atoms with van der Waals surface area (Å²) < 4.78 is 5.73. The lowest BCUT2D eigenvalue weighted by Crippen LogP contribution is -2.28. The standard InChI is InChI=1S/C18H29NO2/c1-3-5-12-19(13-6-4-2)14-9-15-21-18-11-8-7-10-17(18)16-20/h7-8,10-11,16H,3-6,9,12-15H2,1-2H3. The Kier molecular flexibility index (Phi) is 9.55. The minimum Gasteiger partial charge on any atom is -0.493 e. The zero-order chi connectivity index (χ0) is 15.3. The summed E-state index contributed by atoms with van der Waals surface area (Å²) in [4.78, 5) is 13.4. The smallest absolute Gasteiger partial charge is 0.153 e. The number of carbonyl (C=O) groups is 1. The molecule has 3 heteroatoms. The van der Waals surface area contributed by atoms with Crippen molar-refractivity contribution in [1.29, 1.82) is 0 Å². The maximum absolute atomic E-state index is 10.9. The van der Waals surface area contributed by atoms with Crippen molar-refractivity contribution in [3.63, 3.8) is 0 Å². The van der Waals surface area contributed by atoms with Crippen molar-refractivity contribution in [3.8, 4) is 5.75 Å². The van der Waals surface area contributed by atoms with Crippen molar-refractivity contribution in [2.45, 2.75) is 46.0 Å². The molecule has 0 N–H and O–H groups in total. The molecule has 0 radical (unpaired) electrons. The molecule has 0 aliphatic rings. The van der Waals surface area contributed by atoms with E-state index in [0.29, 0.717) is 17.9 Å². The summed E-state index contributed by atoms with van der Waals surface area (Å²) in [5, 5.41) is 0. The van der Waals surface area contributed by atoms with Crippen molar-refractivity contribution in [2.24, 2.45) is 0 Å². The van der Waals surface area contributed by atoms with E-state index < -0.39 is 0 Å². The van der Waals surface area contributed by atoms with Crippen LogP contribution in [0.25, 0.3) is 0 Å². The van der Waals surface area contributed by atoms with E-state index in [1.165, 1.54) is 38.8 Å². The van der Waals surface area contributed by atoms with Gasteiger partial charge in [0, 0.05) is 6.54 Å². The predicted molar refractivity (Wildman–Crippen MR) is 88.2 cm³/mol. The Hall–Kier alpha value is -1.35. The number of para-hydroxylation sites is 1. The van der Waals surface area contributed by atoms with E-state index in [2.05, 4.69) is 18.7 Å². The Bertz CT molecular complexity index is 385. The number of carbonyl (C=O) groups excluding carboxylic acids is 1. The van der Waals surface area contributed by atoms with Gasteiger partial charge in [0.25, 0.3) is 0 Å². The maximum Gasteiger partial charge on any atom is 0.153 e. The van der Waals surface area contributed by atoms with Gasteiger partial charge in [-0.05, 0) is 44.5 Å². The number of unbranched alkanes of at least 4 members (excludes halogenated alkanes) is 2. The second-order valence-electron chi connectivity index (χ2n) is 5.41. The van der Waals surface area contributed by atoms with Gasteiger partial charge < -0.3 is 9.64 Å². The van der Waals surface area contributed by atoms with Crippen LogP contribution in [0.15, 0.2) is 24.3 Å². The molecule has 0 bridgehead atoms. The third-order valence-corrected chi connectivity index (χ3v) is 3.58. The van der Waals surface area contributed by atoms with E-state index >= 15 is 0 Å². The monoisotopic (exact) mass is 291 g/mol. The molecule has 0 saturated carbocycles. The zero-order valence-corrected chi connectivity index (χ0v) is 13.5. The highest BCUT2D eigenvalue weighted by atomic mass is 16.5. The van der Waals surface area contributed by atoms with Crippen molar-refractivity contribution >= 4 is 6.29 Å². The Labute approximate surface area is 129 Å².